The number of nitrogens with zero attached hydrogens (tertiary/aromatic N) is 3. The van der Waals surface area contributed by atoms with E-state index in [4.69, 9.17) is 4.98 Å². The zero-order valence-corrected chi connectivity index (χ0v) is 15.0. The summed E-state index contributed by atoms with van der Waals surface area (Å²) in [5, 5.41) is 2.21. The van der Waals surface area contributed by atoms with E-state index in [1.165, 1.54) is 10.6 Å². The number of para-hydroxylation sites is 1. The zero-order valence-electron chi connectivity index (χ0n) is 14.2. The molecule has 4 heterocycles. The molecule has 1 saturated heterocycles. The quantitative estimate of drug-likeness (QED) is 0.770. The molecule has 1 fully saturated rings. The third kappa shape index (κ3) is 2.52. The van der Waals surface area contributed by atoms with E-state index in [-0.39, 0.29) is 5.91 Å². The number of H-pyrrole nitrogens is 1. The monoisotopic (exact) mass is 352 g/mol. The van der Waals surface area contributed by atoms with Gasteiger partial charge in [0.25, 0.3) is 5.91 Å². The molecule has 1 N–H and O–H groups in total. The normalized spacial score (nSPS) is 17.6. The van der Waals surface area contributed by atoms with Crippen molar-refractivity contribution in [3.8, 4) is 0 Å². The van der Waals surface area contributed by atoms with Gasteiger partial charge in [0.2, 0.25) is 0 Å². The lowest BCUT2D eigenvalue weighted by Crippen LogP contribution is -2.45. The number of rotatable bonds is 2. The van der Waals surface area contributed by atoms with Crippen molar-refractivity contribution in [2.24, 2.45) is 5.92 Å². The summed E-state index contributed by atoms with van der Waals surface area (Å²) in [6.07, 6.45) is 0.848. The molecule has 2 aliphatic heterocycles. The maximum atomic E-state index is 12.9. The summed E-state index contributed by atoms with van der Waals surface area (Å²) in [6.45, 7) is 5.88. The van der Waals surface area contributed by atoms with Gasteiger partial charge in [0.1, 0.15) is 5.69 Å². The van der Waals surface area contributed by atoms with Crippen LogP contribution < -0.4 is 4.90 Å². The van der Waals surface area contributed by atoms with E-state index < -0.39 is 0 Å². The first kappa shape index (κ1) is 15.0. The molecule has 5 rings (SSSR count). The Morgan fingerprint density at radius 1 is 1.32 bits per heavy atom. The van der Waals surface area contributed by atoms with Crippen molar-refractivity contribution in [2.75, 3.05) is 24.5 Å². The molecular weight excluding hydrogens is 332 g/mol. The average Bonchev–Trinajstić information content (AvgIpc) is 3.21. The summed E-state index contributed by atoms with van der Waals surface area (Å²) in [6, 6.07) is 9.96. The highest BCUT2D eigenvalue weighted by atomic mass is 32.1. The van der Waals surface area contributed by atoms with Gasteiger partial charge in [-0.1, -0.05) is 36.5 Å². The number of aromatic amines is 1. The number of carbonyl (C=O) groups is 1. The Kier molecular flexibility index (Phi) is 3.35. The summed E-state index contributed by atoms with van der Waals surface area (Å²) < 4.78 is 0. The van der Waals surface area contributed by atoms with Crippen LogP contribution in [0.5, 0.6) is 0 Å². The molecule has 6 heteroatoms. The van der Waals surface area contributed by atoms with Crippen molar-refractivity contribution in [2.45, 2.75) is 19.9 Å². The van der Waals surface area contributed by atoms with Crippen LogP contribution in [-0.2, 0) is 13.0 Å². The van der Waals surface area contributed by atoms with Gasteiger partial charge in [0.05, 0.1) is 12.2 Å². The molecule has 2 aliphatic rings. The van der Waals surface area contributed by atoms with Crippen molar-refractivity contribution >= 4 is 33.3 Å². The van der Waals surface area contributed by atoms with Crippen molar-refractivity contribution in [1.29, 1.82) is 0 Å². The van der Waals surface area contributed by atoms with Gasteiger partial charge < -0.3 is 14.8 Å². The number of benzene rings is 1. The van der Waals surface area contributed by atoms with Crippen molar-refractivity contribution in [3.05, 3.63) is 46.6 Å². The maximum Gasteiger partial charge on any atom is 0.270 e. The van der Waals surface area contributed by atoms with Gasteiger partial charge in [-0.05, 0) is 18.1 Å². The van der Waals surface area contributed by atoms with Gasteiger partial charge in [-0.3, -0.25) is 4.79 Å². The zero-order chi connectivity index (χ0) is 17.0. The third-order valence-corrected chi connectivity index (χ3v) is 6.25. The first-order chi connectivity index (χ1) is 12.2. The van der Waals surface area contributed by atoms with Crippen LogP contribution in [0.25, 0.3) is 10.9 Å². The summed E-state index contributed by atoms with van der Waals surface area (Å²) >= 11 is 1.75. The average molecular weight is 352 g/mol. The summed E-state index contributed by atoms with van der Waals surface area (Å²) in [4.78, 5) is 26.5. The summed E-state index contributed by atoms with van der Waals surface area (Å²) in [5.74, 6) is 0.843. The molecule has 128 valence electrons. The minimum Gasteiger partial charge on any atom is -0.351 e. The third-order valence-electron chi connectivity index (χ3n) is 5.10. The van der Waals surface area contributed by atoms with E-state index in [0.717, 1.165) is 48.0 Å². The topological polar surface area (TPSA) is 52.2 Å². The Balaban J connectivity index is 1.36. The van der Waals surface area contributed by atoms with Gasteiger partial charge >= 0.3 is 0 Å². The fourth-order valence-corrected chi connectivity index (χ4v) is 4.84. The van der Waals surface area contributed by atoms with Gasteiger partial charge in [-0.2, -0.15) is 0 Å². The molecule has 1 aromatic carbocycles. The van der Waals surface area contributed by atoms with Gasteiger partial charge in [0.15, 0.2) is 5.13 Å². The minimum absolute atomic E-state index is 0.0781. The lowest BCUT2D eigenvalue weighted by Gasteiger charge is -2.36. The molecule has 0 saturated carbocycles. The predicted molar refractivity (Wildman–Crippen MR) is 100 cm³/mol. The van der Waals surface area contributed by atoms with E-state index >= 15 is 0 Å². The molecule has 25 heavy (non-hydrogen) atoms. The van der Waals surface area contributed by atoms with Gasteiger partial charge in [0, 0.05) is 41.8 Å². The molecule has 0 bridgehead atoms. The molecular formula is C19H20N4OS. The van der Waals surface area contributed by atoms with Crippen LogP contribution in [0, 0.1) is 5.92 Å². The molecule has 1 amide bonds. The number of thiazole rings is 1. The Morgan fingerprint density at radius 3 is 2.96 bits per heavy atom. The van der Waals surface area contributed by atoms with Crippen LogP contribution >= 0.6 is 11.3 Å². The predicted octanol–water partition coefficient (Wildman–Crippen LogP) is 3.28. The van der Waals surface area contributed by atoms with Gasteiger partial charge in [-0.15, -0.1) is 0 Å². The smallest absolute Gasteiger partial charge is 0.270 e. The Bertz CT molecular complexity index is 920. The number of hydrogen-bond donors (Lipinski definition) is 1. The fourth-order valence-electron chi connectivity index (χ4n) is 3.70. The number of carbonyl (C=O) groups excluding carboxylic acids is 1. The molecule has 0 spiro atoms. The molecule has 0 radical (unpaired) electrons. The summed E-state index contributed by atoms with van der Waals surface area (Å²) in [7, 11) is 0. The molecule has 0 aliphatic carbocycles. The standard InChI is InChI=1S/C19H20N4OS/c1-12-9-23(10-12)19-21-15-6-7-22(11-17(15)25-19)18(24)16-8-13-4-2-3-5-14(13)20-16/h2-5,8,12,20H,6-7,9-11H2,1H3. The number of fused-ring (bicyclic) bond motifs is 2. The minimum atomic E-state index is 0.0781. The highest BCUT2D eigenvalue weighted by molar-refractivity contribution is 7.15. The van der Waals surface area contributed by atoms with Crippen LogP contribution in [0.1, 0.15) is 28.0 Å². The molecule has 0 unspecified atom stereocenters. The van der Waals surface area contributed by atoms with E-state index in [0.29, 0.717) is 12.2 Å². The van der Waals surface area contributed by atoms with Crippen LogP contribution in [0.15, 0.2) is 30.3 Å². The Morgan fingerprint density at radius 2 is 2.16 bits per heavy atom. The van der Waals surface area contributed by atoms with Crippen LogP contribution in [0.2, 0.25) is 0 Å². The molecule has 5 nitrogen and oxygen atoms in total. The largest absolute Gasteiger partial charge is 0.351 e. The van der Waals surface area contributed by atoms with E-state index in [1.807, 2.05) is 35.2 Å². The van der Waals surface area contributed by atoms with E-state index in [1.54, 1.807) is 11.3 Å². The molecule has 2 aromatic heterocycles. The van der Waals surface area contributed by atoms with E-state index in [9.17, 15) is 4.79 Å². The molecule has 0 atom stereocenters. The lowest BCUT2D eigenvalue weighted by molar-refractivity contribution is 0.0731. The number of amides is 1. The van der Waals surface area contributed by atoms with Crippen molar-refractivity contribution in [1.82, 2.24) is 14.9 Å². The van der Waals surface area contributed by atoms with Crippen LogP contribution in [0.4, 0.5) is 5.13 Å². The molecule has 3 aromatic rings. The highest BCUT2D eigenvalue weighted by Crippen LogP contribution is 2.34. The van der Waals surface area contributed by atoms with E-state index in [2.05, 4.69) is 16.8 Å². The number of aromatic nitrogens is 2. The Labute approximate surface area is 150 Å². The SMILES string of the molecule is CC1CN(c2nc3c(s2)CN(C(=O)c2cc4ccccc4[nH]2)CC3)C1. The first-order valence-corrected chi connectivity index (χ1v) is 9.59. The van der Waals surface area contributed by atoms with Gasteiger partial charge in [-0.25, -0.2) is 4.98 Å². The second-order valence-corrected chi connectivity index (χ2v) is 8.19. The number of hydrogen-bond acceptors (Lipinski definition) is 4. The number of anilines is 1. The van der Waals surface area contributed by atoms with Crippen LogP contribution in [-0.4, -0.2) is 40.4 Å². The first-order valence-electron chi connectivity index (χ1n) is 8.78. The summed E-state index contributed by atoms with van der Waals surface area (Å²) in [5.41, 5.74) is 2.86. The fraction of sp³-hybridized carbons (Fsp3) is 0.368. The Hall–Kier alpha value is -2.34. The highest BCUT2D eigenvalue weighted by Gasteiger charge is 2.30. The van der Waals surface area contributed by atoms with Crippen LogP contribution in [0.3, 0.4) is 0 Å². The number of nitrogens with one attached hydrogen (secondary N) is 1. The second-order valence-electron chi connectivity index (χ2n) is 7.12. The second kappa shape index (κ2) is 5.59. The lowest BCUT2D eigenvalue weighted by atomic mass is 10.0. The van der Waals surface area contributed by atoms with Crippen molar-refractivity contribution < 1.29 is 4.79 Å². The maximum absolute atomic E-state index is 12.9. The van der Waals surface area contributed by atoms with Crippen molar-refractivity contribution in [3.63, 3.8) is 0 Å².